The van der Waals surface area contributed by atoms with Gasteiger partial charge in [-0.15, -0.1) is 0 Å². The fraction of sp³-hybridized carbons (Fsp3) is 0.682. The van der Waals surface area contributed by atoms with Crippen molar-refractivity contribution in [2.75, 3.05) is 26.2 Å². The Bertz CT molecular complexity index is 584. The van der Waals surface area contributed by atoms with Gasteiger partial charge in [0.05, 0.1) is 11.1 Å². The summed E-state index contributed by atoms with van der Waals surface area (Å²) in [5, 5.41) is 3.02. The van der Waals surface area contributed by atoms with Gasteiger partial charge in [-0.2, -0.15) is 0 Å². The predicted molar refractivity (Wildman–Crippen MR) is 118 cm³/mol. The molecule has 0 bridgehead atoms. The van der Waals surface area contributed by atoms with Crippen LogP contribution in [-0.4, -0.2) is 37.2 Å². The first-order valence-electron chi connectivity index (χ1n) is 9.96. The third-order valence-corrected chi connectivity index (χ3v) is 4.73. The summed E-state index contributed by atoms with van der Waals surface area (Å²) < 4.78 is 6.84. The van der Waals surface area contributed by atoms with Gasteiger partial charge in [-0.1, -0.05) is 54.5 Å². The zero-order valence-corrected chi connectivity index (χ0v) is 19.6. The minimum atomic E-state index is 0.0214. The number of benzene rings is 1. The average Bonchev–Trinajstić information content (AvgIpc) is 2.53. The molecule has 0 saturated carbocycles. The predicted octanol–water partition coefficient (Wildman–Crippen LogP) is 5.84. The van der Waals surface area contributed by atoms with Crippen molar-refractivity contribution in [3.8, 4) is 5.75 Å². The second-order valence-electron chi connectivity index (χ2n) is 9.02. The Morgan fingerprint density at radius 3 is 2.22 bits per heavy atom. The van der Waals surface area contributed by atoms with Gasteiger partial charge in [0.25, 0.3) is 0 Å². The standard InChI is InChI=1S/C22H37BrN2O2/c1-16(2)14-25(15-17(3)4)21(26)24-11-8-12-27-20-10-9-18(13-19(20)23)22(5,6)7/h9-10,13,16-17H,8,11-12,14-15H2,1-7H3,(H,24,26). The SMILES string of the molecule is CC(C)CN(CC(C)C)C(=O)NCCCOc1ccc(C(C)(C)C)cc1Br. The first-order chi connectivity index (χ1) is 12.5. The maximum Gasteiger partial charge on any atom is 0.317 e. The number of carbonyl (C=O) groups excluding carboxylic acids is 1. The lowest BCUT2D eigenvalue weighted by molar-refractivity contribution is 0.182. The van der Waals surface area contributed by atoms with Crippen LogP contribution in [0.25, 0.3) is 0 Å². The molecule has 1 aromatic rings. The van der Waals surface area contributed by atoms with E-state index in [1.54, 1.807) is 0 Å². The molecule has 0 aliphatic carbocycles. The molecule has 154 valence electrons. The highest BCUT2D eigenvalue weighted by Gasteiger charge is 2.16. The van der Waals surface area contributed by atoms with Crippen LogP contribution in [0.1, 0.15) is 60.5 Å². The lowest BCUT2D eigenvalue weighted by Gasteiger charge is -2.26. The molecule has 27 heavy (non-hydrogen) atoms. The summed E-state index contributed by atoms with van der Waals surface area (Å²) in [4.78, 5) is 14.3. The molecule has 1 aromatic carbocycles. The Labute approximate surface area is 174 Å². The van der Waals surface area contributed by atoms with Crippen LogP contribution >= 0.6 is 15.9 Å². The fourth-order valence-corrected chi connectivity index (χ4v) is 3.26. The third-order valence-electron chi connectivity index (χ3n) is 4.11. The molecule has 0 fully saturated rings. The summed E-state index contributed by atoms with van der Waals surface area (Å²) in [5.74, 6) is 1.77. The van der Waals surface area contributed by atoms with Gasteiger partial charge in [0.1, 0.15) is 5.75 Å². The van der Waals surface area contributed by atoms with Gasteiger partial charge in [0, 0.05) is 19.6 Å². The molecule has 1 N–H and O–H groups in total. The molecule has 0 aliphatic heterocycles. The van der Waals surface area contributed by atoms with E-state index in [-0.39, 0.29) is 11.4 Å². The molecular weight excluding hydrogens is 404 g/mol. The molecular formula is C22H37BrN2O2. The van der Waals surface area contributed by atoms with Crippen molar-refractivity contribution in [1.82, 2.24) is 10.2 Å². The Hall–Kier alpha value is -1.23. The van der Waals surface area contributed by atoms with Crippen LogP contribution in [0.2, 0.25) is 0 Å². The number of nitrogens with one attached hydrogen (secondary N) is 1. The van der Waals surface area contributed by atoms with E-state index in [4.69, 9.17) is 4.74 Å². The molecule has 0 aliphatic rings. The van der Waals surface area contributed by atoms with E-state index < -0.39 is 0 Å². The Balaban J connectivity index is 2.42. The molecule has 0 aromatic heterocycles. The molecule has 0 unspecified atom stereocenters. The highest BCUT2D eigenvalue weighted by Crippen LogP contribution is 2.31. The second kappa shape index (κ2) is 10.9. The van der Waals surface area contributed by atoms with Crippen molar-refractivity contribution >= 4 is 22.0 Å². The highest BCUT2D eigenvalue weighted by atomic mass is 79.9. The lowest BCUT2D eigenvalue weighted by Crippen LogP contribution is -2.44. The maximum atomic E-state index is 12.4. The van der Waals surface area contributed by atoms with Crippen molar-refractivity contribution in [2.24, 2.45) is 11.8 Å². The summed E-state index contributed by atoms with van der Waals surface area (Å²) in [6, 6.07) is 6.26. The van der Waals surface area contributed by atoms with Gasteiger partial charge >= 0.3 is 6.03 Å². The van der Waals surface area contributed by atoms with Crippen molar-refractivity contribution in [3.63, 3.8) is 0 Å². The minimum absolute atomic E-state index is 0.0214. The topological polar surface area (TPSA) is 41.6 Å². The Morgan fingerprint density at radius 1 is 1.15 bits per heavy atom. The number of ether oxygens (including phenoxy) is 1. The van der Waals surface area contributed by atoms with Crippen LogP contribution in [0, 0.1) is 11.8 Å². The highest BCUT2D eigenvalue weighted by molar-refractivity contribution is 9.10. The Kier molecular flexibility index (Phi) is 9.65. The molecule has 0 atom stereocenters. The van der Waals surface area contributed by atoms with Crippen molar-refractivity contribution in [3.05, 3.63) is 28.2 Å². The summed E-state index contributed by atoms with van der Waals surface area (Å²) in [6.07, 6.45) is 0.774. The van der Waals surface area contributed by atoms with E-state index in [1.807, 2.05) is 11.0 Å². The number of hydrogen-bond acceptors (Lipinski definition) is 2. The Morgan fingerprint density at radius 2 is 1.74 bits per heavy atom. The van der Waals surface area contributed by atoms with E-state index in [9.17, 15) is 4.79 Å². The monoisotopic (exact) mass is 440 g/mol. The normalized spacial score (nSPS) is 11.8. The minimum Gasteiger partial charge on any atom is -0.492 e. The molecule has 0 spiro atoms. The quantitative estimate of drug-likeness (QED) is 0.489. The van der Waals surface area contributed by atoms with Crippen LogP contribution in [0.4, 0.5) is 4.79 Å². The number of halogens is 1. The number of hydrogen-bond donors (Lipinski definition) is 1. The van der Waals surface area contributed by atoms with E-state index >= 15 is 0 Å². The van der Waals surface area contributed by atoms with E-state index in [2.05, 4.69) is 81.8 Å². The smallest absolute Gasteiger partial charge is 0.317 e. The van der Waals surface area contributed by atoms with Crippen LogP contribution < -0.4 is 10.1 Å². The third kappa shape index (κ3) is 9.00. The summed E-state index contributed by atoms with van der Waals surface area (Å²) in [7, 11) is 0. The molecule has 0 radical (unpaired) electrons. The number of carbonyl (C=O) groups is 1. The van der Waals surface area contributed by atoms with Gasteiger partial charge in [0.2, 0.25) is 0 Å². The summed E-state index contributed by atoms with van der Waals surface area (Å²) >= 11 is 3.60. The van der Waals surface area contributed by atoms with Crippen LogP contribution in [0.15, 0.2) is 22.7 Å². The number of urea groups is 1. The van der Waals surface area contributed by atoms with E-state index in [0.29, 0.717) is 25.0 Å². The zero-order chi connectivity index (χ0) is 20.6. The van der Waals surface area contributed by atoms with Gasteiger partial charge < -0.3 is 15.0 Å². The summed E-state index contributed by atoms with van der Waals surface area (Å²) in [5.41, 5.74) is 1.38. The second-order valence-corrected chi connectivity index (χ2v) is 9.88. The van der Waals surface area contributed by atoms with E-state index in [1.165, 1.54) is 5.56 Å². The van der Waals surface area contributed by atoms with Crippen molar-refractivity contribution < 1.29 is 9.53 Å². The van der Waals surface area contributed by atoms with Gasteiger partial charge in [-0.3, -0.25) is 0 Å². The number of amides is 2. The molecule has 4 nitrogen and oxygen atoms in total. The van der Waals surface area contributed by atoms with Gasteiger partial charge in [0.15, 0.2) is 0 Å². The first kappa shape index (κ1) is 23.8. The number of nitrogens with zero attached hydrogens (tertiary/aromatic N) is 1. The van der Waals surface area contributed by atoms with Crippen molar-refractivity contribution in [1.29, 1.82) is 0 Å². The largest absolute Gasteiger partial charge is 0.492 e. The van der Waals surface area contributed by atoms with Gasteiger partial charge in [-0.25, -0.2) is 4.79 Å². The first-order valence-corrected chi connectivity index (χ1v) is 10.8. The summed E-state index contributed by atoms with van der Waals surface area (Å²) in [6.45, 7) is 17.9. The van der Waals surface area contributed by atoms with Crippen LogP contribution in [0.5, 0.6) is 5.75 Å². The average molecular weight is 441 g/mol. The van der Waals surface area contributed by atoms with Gasteiger partial charge in [-0.05, 0) is 57.3 Å². The molecule has 5 heteroatoms. The maximum absolute atomic E-state index is 12.4. The van der Waals surface area contributed by atoms with Crippen molar-refractivity contribution in [2.45, 2.75) is 60.3 Å². The lowest BCUT2D eigenvalue weighted by atomic mass is 9.87. The molecule has 1 rings (SSSR count). The van der Waals surface area contributed by atoms with Crippen LogP contribution in [-0.2, 0) is 5.41 Å². The zero-order valence-electron chi connectivity index (χ0n) is 18.1. The fourth-order valence-electron chi connectivity index (χ4n) is 2.77. The molecule has 0 heterocycles. The van der Waals surface area contributed by atoms with Crippen LogP contribution in [0.3, 0.4) is 0 Å². The number of rotatable bonds is 9. The van der Waals surface area contributed by atoms with E-state index in [0.717, 1.165) is 29.7 Å². The molecule has 0 saturated heterocycles. The molecule has 2 amide bonds.